The highest BCUT2D eigenvalue weighted by Gasteiger charge is 2.27. The zero-order valence-corrected chi connectivity index (χ0v) is 19.0. The Morgan fingerprint density at radius 1 is 1.10 bits per heavy atom. The lowest BCUT2D eigenvalue weighted by atomic mass is 9.98. The Kier molecular flexibility index (Phi) is 7.18. The number of aryl methyl sites for hydroxylation is 1. The van der Waals surface area contributed by atoms with Crippen LogP contribution in [0.4, 0.5) is 0 Å². The molecule has 3 aromatic heterocycles. The van der Waals surface area contributed by atoms with Gasteiger partial charge in [0.1, 0.15) is 11.5 Å². The van der Waals surface area contributed by atoms with Crippen LogP contribution in [0.25, 0.3) is 17.3 Å². The average molecular weight is 454 g/mol. The van der Waals surface area contributed by atoms with Crippen LogP contribution < -0.4 is 5.32 Å². The van der Waals surface area contributed by atoms with E-state index in [-0.39, 0.29) is 24.8 Å². The quantitative estimate of drug-likeness (QED) is 0.649. The number of likely N-dealkylation sites (tertiary alicyclic amines) is 1. The molecule has 1 fully saturated rings. The molecule has 1 unspecified atom stereocenters. The SMILES string of the molecule is CN1CCCC(c2nc(-c3cn4c(n3)CCNCC4)n(-c3ccnn3C)n2)C1.Cl.Cl. The number of nitrogens with zero attached hydrogens (tertiary/aromatic N) is 8. The zero-order chi connectivity index (χ0) is 19.1. The first-order valence-electron chi connectivity index (χ1n) is 10.1. The number of aromatic nitrogens is 7. The van der Waals surface area contributed by atoms with E-state index in [0.717, 1.165) is 74.6 Å². The molecule has 9 nitrogen and oxygen atoms in total. The molecule has 11 heteroatoms. The Morgan fingerprint density at radius 2 is 1.97 bits per heavy atom. The van der Waals surface area contributed by atoms with Crippen LogP contribution in [-0.4, -0.2) is 72.2 Å². The number of halogens is 2. The number of hydrogen-bond donors (Lipinski definition) is 1. The van der Waals surface area contributed by atoms with E-state index in [4.69, 9.17) is 15.1 Å². The van der Waals surface area contributed by atoms with Crippen molar-refractivity contribution in [2.75, 3.05) is 33.2 Å². The first-order valence-corrected chi connectivity index (χ1v) is 10.1. The Labute approximate surface area is 188 Å². The summed E-state index contributed by atoms with van der Waals surface area (Å²) >= 11 is 0. The number of hydrogen-bond acceptors (Lipinski definition) is 6. The van der Waals surface area contributed by atoms with Crippen LogP contribution in [0.3, 0.4) is 0 Å². The van der Waals surface area contributed by atoms with Gasteiger partial charge in [-0.05, 0) is 26.4 Å². The van der Waals surface area contributed by atoms with Gasteiger partial charge in [0.05, 0.1) is 6.20 Å². The number of imidazole rings is 1. The van der Waals surface area contributed by atoms with Crippen molar-refractivity contribution in [2.24, 2.45) is 7.05 Å². The van der Waals surface area contributed by atoms with Crippen LogP contribution in [0.5, 0.6) is 0 Å². The first-order chi connectivity index (χ1) is 13.7. The predicted molar refractivity (Wildman–Crippen MR) is 120 cm³/mol. The fourth-order valence-electron chi connectivity index (χ4n) is 4.26. The van der Waals surface area contributed by atoms with Crippen molar-refractivity contribution >= 4 is 24.8 Å². The van der Waals surface area contributed by atoms with Gasteiger partial charge in [-0.3, -0.25) is 4.68 Å². The van der Waals surface area contributed by atoms with E-state index in [1.165, 1.54) is 6.42 Å². The summed E-state index contributed by atoms with van der Waals surface area (Å²) in [4.78, 5) is 12.3. The van der Waals surface area contributed by atoms with Crippen molar-refractivity contribution in [3.63, 3.8) is 0 Å². The van der Waals surface area contributed by atoms with Crippen molar-refractivity contribution in [3.05, 3.63) is 30.1 Å². The van der Waals surface area contributed by atoms with E-state index in [9.17, 15) is 0 Å². The Hall–Kier alpha value is -1.94. The molecule has 0 radical (unpaired) electrons. The van der Waals surface area contributed by atoms with Gasteiger partial charge >= 0.3 is 0 Å². The Bertz CT molecular complexity index is 953. The van der Waals surface area contributed by atoms with E-state index >= 15 is 0 Å². The summed E-state index contributed by atoms with van der Waals surface area (Å²) in [6.45, 7) is 5.01. The molecule has 3 aromatic rings. The summed E-state index contributed by atoms with van der Waals surface area (Å²) in [5, 5.41) is 12.7. The molecule has 5 rings (SSSR count). The van der Waals surface area contributed by atoms with Crippen LogP contribution in [0.15, 0.2) is 18.5 Å². The van der Waals surface area contributed by atoms with Crippen LogP contribution in [-0.2, 0) is 20.0 Å². The molecule has 164 valence electrons. The summed E-state index contributed by atoms with van der Waals surface area (Å²) in [6.07, 6.45) is 7.16. The molecular formula is C19H29Cl2N9. The topological polar surface area (TPSA) is 81.6 Å². The van der Waals surface area contributed by atoms with Crippen molar-refractivity contribution in [1.29, 1.82) is 0 Å². The summed E-state index contributed by atoms with van der Waals surface area (Å²) < 4.78 is 5.99. The molecule has 0 spiro atoms. The van der Waals surface area contributed by atoms with Gasteiger partial charge in [-0.25, -0.2) is 9.97 Å². The Balaban J connectivity index is 0.00000128. The molecule has 0 bridgehead atoms. The fourth-order valence-corrected chi connectivity index (χ4v) is 4.26. The number of fused-ring (bicyclic) bond motifs is 1. The van der Waals surface area contributed by atoms with E-state index < -0.39 is 0 Å². The average Bonchev–Trinajstić information content (AvgIpc) is 3.37. The van der Waals surface area contributed by atoms with E-state index in [2.05, 4.69) is 33.1 Å². The molecule has 2 aliphatic heterocycles. The minimum Gasteiger partial charge on any atom is -0.333 e. The van der Waals surface area contributed by atoms with Gasteiger partial charge in [-0.15, -0.1) is 29.9 Å². The van der Waals surface area contributed by atoms with Gasteiger partial charge in [0.2, 0.25) is 0 Å². The highest BCUT2D eigenvalue weighted by molar-refractivity contribution is 5.85. The molecule has 0 amide bonds. The maximum Gasteiger partial charge on any atom is 0.185 e. The lowest BCUT2D eigenvalue weighted by Gasteiger charge is -2.27. The van der Waals surface area contributed by atoms with Gasteiger partial charge in [-0.1, -0.05) is 0 Å². The van der Waals surface area contributed by atoms with Gasteiger partial charge in [-0.2, -0.15) is 9.78 Å². The van der Waals surface area contributed by atoms with Crippen molar-refractivity contribution in [3.8, 4) is 17.3 Å². The van der Waals surface area contributed by atoms with Crippen LogP contribution in [0, 0.1) is 0 Å². The first kappa shape index (κ1) is 22.7. The number of rotatable bonds is 3. The lowest BCUT2D eigenvalue weighted by Crippen LogP contribution is -2.31. The summed E-state index contributed by atoms with van der Waals surface area (Å²) in [6, 6.07) is 1.97. The second-order valence-corrected chi connectivity index (χ2v) is 7.86. The molecule has 2 aliphatic rings. The molecule has 0 aliphatic carbocycles. The molecule has 0 aromatic carbocycles. The van der Waals surface area contributed by atoms with E-state index in [0.29, 0.717) is 5.92 Å². The van der Waals surface area contributed by atoms with Crippen molar-refractivity contribution in [1.82, 2.24) is 44.3 Å². The summed E-state index contributed by atoms with van der Waals surface area (Å²) in [5.74, 6) is 4.09. The van der Waals surface area contributed by atoms with Crippen molar-refractivity contribution < 1.29 is 0 Å². The van der Waals surface area contributed by atoms with Crippen LogP contribution in [0.2, 0.25) is 0 Å². The van der Waals surface area contributed by atoms with Crippen LogP contribution in [0.1, 0.15) is 30.4 Å². The summed E-state index contributed by atoms with van der Waals surface area (Å²) in [7, 11) is 4.11. The maximum absolute atomic E-state index is 5.00. The van der Waals surface area contributed by atoms with Gasteiger partial charge < -0.3 is 14.8 Å². The zero-order valence-electron chi connectivity index (χ0n) is 17.4. The number of nitrogens with one attached hydrogen (secondary N) is 1. The third kappa shape index (κ3) is 4.25. The smallest absolute Gasteiger partial charge is 0.185 e. The van der Waals surface area contributed by atoms with Gasteiger partial charge in [0, 0.05) is 57.8 Å². The molecule has 1 atom stereocenters. The van der Waals surface area contributed by atoms with Crippen molar-refractivity contribution in [2.45, 2.75) is 31.7 Å². The normalized spacial score (nSPS) is 19.5. The number of piperidine rings is 1. The van der Waals surface area contributed by atoms with E-state index in [1.807, 2.05) is 22.5 Å². The highest BCUT2D eigenvalue weighted by atomic mass is 35.5. The monoisotopic (exact) mass is 453 g/mol. The third-order valence-corrected chi connectivity index (χ3v) is 5.77. The molecular weight excluding hydrogens is 425 g/mol. The second-order valence-electron chi connectivity index (χ2n) is 7.86. The fraction of sp³-hybridized carbons (Fsp3) is 0.579. The lowest BCUT2D eigenvalue weighted by molar-refractivity contribution is 0.246. The molecule has 5 heterocycles. The Morgan fingerprint density at radius 3 is 2.73 bits per heavy atom. The van der Waals surface area contributed by atoms with E-state index in [1.54, 1.807) is 6.20 Å². The maximum atomic E-state index is 5.00. The van der Waals surface area contributed by atoms with Crippen LogP contribution >= 0.6 is 24.8 Å². The molecule has 1 saturated heterocycles. The predicted octanol–water partition coefficient (Wildman–Crippen LogP) is 1.66. The molecule has 0 saturated carbocycles. The summed E-state index contributed by atoms with van der Waals surface area (Å²) in [5.41, 5.74) is 0.890. The molecule has 30 heavy (non-hydrogen) atoms. The van der Waals surface area contributed by atoms with Gasteiger partial charge in [0.25, 0.3) is 0 Å². The molecule has 1 N–H and O–H groups in total. The minimum absolute atomic E-state index is 0. The standard InChI is InChI=1S/C19H27N9.2ClH/c1-25-10-3-4-14(12-25)18-23-19(28(24-18)17-6-8-21-26(17)2)15-13-27-11-9-20-7-5-16(27)22-15;;/h6,8,13-14,20H,3-5,7,9-12H2,1-2H3;2*1H. The number of likely N-dealkylation sites (N-methyl/N-ethyl adjacent to an activating group) is 1. The second kappa shape index (κ2) is 9.47. The highest BCUT2D eigenvalue weighted by Crippen LogP contribution is 2.28. The largest absolute Gasteiger partial charge is 0.333 e. The third-order valence-electron chi connectivity index (χ3n) is 5.77. The van der Waals surface area contributed by atoms with Gasteiger partial charge in [0.15, 0.2) is 17.5 Å². The minimum atomic E-state index is 0.